The van der Waals surface area contributed by atoms with E-state index in [2.05, 4.69) is 0 Å². The quantitative estimate of drug-likeness (QED) is 0.691. The monoisotopic (exact) mass is 202 g/mol. The molecule has 0 aromatic heterocycles. The third-order valence-electron chi connectivity index (χ3n) is 2.59. The summed E-state index contributed by atoms with van der Waals surface area (Å²) in [4.78, 5) is 0. The van der Waals surface area contributed by atoms with Crippen molar-refractivity contribution in [1.82, 2.24) is 0 Å². The summed E-state index contributed by atoms with van der Waals surface area (Å²) in [6.07, 6.45) is 0. The number of phenols is 1. The molecule has 3 nitrogen and oxygen atoms in total. The molecule has 1 atom stereocenters. The summed E-state index contributed by atoms with van der Waals surface area (Å²) in [5.74, 6) is 0.242. The molecular formula is C12H14N2O. The van der Waals surface area contributed by atoms with Gasteiger partial charge in [-0.05, 0) is 5.39 Å². The van der Waals surface area contributed by atoms with E-state index in [1.54, 1.807) is 0 Å². The van der Waals surface area contributed by atoms with Crippen LogP contribution in [-0.2, 0) is 0 Å². The average molecular weight is 202 g/mol. The van der Waals surface area contributed by atoms with Crippen molar-refractivity contribution in [3.8, 4) is 5.75 Å². The van der Waals surface area contributed by atoms with E-state index in [1.165, 1.54) is 0 Å². The van der Waals surface area contributed by atoms with Crippen LogP contribution in [0.2, 0.25) is 0 Å². The predicted molar refractivity (Wildman–Crippen MR) is 61.6 cm³/mol. The first-order chi connectivity index (χ1) is 7.24. The van der Waals surface area contributed by atoms with Gasteiger partial charge in [0.15, 0.2) is 0 Å². The Morgan fingerprint density at radius 2 is 1.87 bits per heavy atom. The topological polar surface area (TPSA) is 72.3 Å². The number of benzene rings is 2. The SMILES string of the molecule is NC[C@H](N)c1ccc2ccccc2c1O. The van der Waals surface area contributed by atoms with Crippen LogP contribution in [-0.4, -0.2) is 11.7 Å². The highest BCUT2D eigenvalue weighted by molar-refractivity contribution is 5.89. The lowest BCUT2D eigenvalue weighted by molar-refractivity contribution is 0.468. The van der Waals surface area contributed by atoms with Crippen molar-refractivity contribution >= 4 is 10.8 Å². The maximum Gasteiger partial charge on any atom is 0.128 e. The average Bonchev–Trinajstić information content (AvgIpc) is 2.29. The molecular weight excluding hydrogens is 188 g/mol. The molecule has 0 heterocycles. The van der Waals surface area contributed by atoms with Gasteiger partial charge >= 0.3 is 0 Å². The Kier molecular flexibility index (Phi) is 2.58. The molecule has 0 unspecified atom stereocenters. The highest BCUT2D eigenvalue weighted by Gasteiger charge is 2.11. The van der Waals surface area contributed by atoms with Crippen LogP contribution in [0.5, 0.6) is 5.75 Å². The van der Waals surface area contributed by atoms with Crippen LogP contribution in [0.15, 0.2) is 36.4 Å². The molecule has 0 aliphatic rings. The number of rotatable bonds is 2. The lowest BCUT2D eigenvalue weighted by Gasteiger charge is -2.12. The molecule has 0 amide bonds. The molecule has 0 radical (unpaired) electrons. The molecule has 0 saturated carbocycles. The summed E-state index contributed by atoms with van der Waals surface area (Å²) in [6.45, 7) is 0.325. The Labute approximate surface area is 88.3 Å². The largest absolute Gasteiger partial charge is 0.507 e. The highest BCUT2D eigenvalue weighted by atomic mass is 16.3. The normalized spacial score (nSPS) is 12.9. The van der Waals surface area contributed by atoms with Gasteiger partial charge < -0.3 is 16.6 Å². The van der Waals surface area contributed by atoms with Gasteiger partial charge in [0, 0.05) is 23.5 Å². The minimum atomic E-state index is -0.311. The summed E-state index contributed by atoms with van der Waals surface area (Å²) in [7, 11) is 0. The second-order valence-electron chi connectivity index (χ2n) is 3.57. The van der Waals surface area contributed by atoms with E-state index in [-0.39, 0.29) is 11.8 Å². The first-order valence-corrected chi connectivity index (χ1v) is 4.90. The van der Waals surface area contributed by atoms with Crippen LogP contribution in [0.4, 0.5) is 0 Å². The minimum absolute atomic E-state index is 0.242. The minimum Gasteiger partial charge on any atom is -0.507 e. The van der Waals surface area contributed by atoms with Gasteiger partial charge in [-0.15, -0.1) is 0 Å². The zero-order valence-corrected chi connectivity index (χ0v) is 8.35. The Hall–Kier alpha value is -1.58. The van der Waals surface area contributed by atoms with Gasteiger partial charge in [0.2, 0.25) is 0 Å². The van der Waals surface area contributed by atoms with Gasteiger partial charge in [0.25, 0.3) is 0 Å². The van der Waals surface area contributed by atoms with Crippen molar-refractivity contribution in [3.63, 3.8) is 0 Å². The number of fused-ring (bicyclic) bond motifs is 1. The fraction of sp³-hybridized carbons (Fsp3) is 0.167. The summed E-state index contributed by atoms with van der Waals surface area (Å²) in [5, 5.41) is 11.8. The first kappa shape index (κ1) is 9.96. The number of nitrogens with two attached hydrogens (primary N) is 2. The van der Waals surface area contributed by atoms with Crippen LogP contribution in [0.25, 0.3) is 10.8 Å². The third kappa shape index (κ3) is 1.67. The van der Waals surface area contributed by atoms with E-state index < -0.39 is 0 Å². The zero-order valence-electron chi connectivity index (χ0n) is 8.35. The second-order valence-corrected chi connectivity index (χ2v) is 3.57. The summed E-state index contributed by atoms with van der Waals surface area (Å²) in [5.41, 5.74) is 12.0. The predicted octanol–water partition coefficient (Wildman–Crippen LogP) is 1.50. The molecule has 0 aliphatic heterocycles. The van der Waals surface area contributed by atoms with E-state index in [0.717, 1.165) is 10.8 Å². The van der Waals surface area contributed by atoms with Gasteiger partial charge in [0.1, 0.15) is 5.75 Å². The molecule has 2 aromatic carbocycles. The zero-order chi connectivity index (χ0) is 10.8. The van der Waals surface area contributed by atoms with Crippen LogP contribution in [0.1, 0.15) is 11.6 Å². The molecule has 2 rings (SSSR count). The van der Waals surface area contributed by atoms with Gasteiger partial charge in [-0.25, -0.2) is 0 Å². The fourth-order valence-corrected chi connectivity index (χ4v) is 1.70. The van der Waals surface area contributed by atoms with Crippen molar-refractivity contribution in [3.05, 3.63) is 42.0 Å². The molecule has 0 saturated heterocycles. The molecule has 5 N–H and O–H groups in total. The fourth-order valence-electron chi connectivity index (χ4n) is 1.70. The van der Waals surface area contributed by atoms with Crippen LogP contribution < -0.4 is 11.5 Å². The Balaban J connectivity index is 2.65. The summed E-state index contributed by atoms with van der Waals surface area (Å²) >= 11 is 0. The van der Waals surface area contributed by atoms with E-state index in [0.29, 0.717) is 12.1 Å². The molecule has 0 aliphatic carbocycles. The molecule has 2 aromatic rings. The molecule has 0 fully saturated rings. The molecule has 0 bridgehead atoms. The van der Waals surface area contributed by atoms with E-state index in [9.17, 15) is 5.11 Å². The van der Waals surface area contributed by atoms with Crippen molar-refractivity contribution < 1.29 is 5.11 Å². The summed E-state index contributed by atoms with van der Waals surface area (Å²) in [6, 6.07) is 11.1. The molecule has 78 valence electrons. The third-order valence-corrected chi connectivity index (χ3v) is 2.59. The summed E-state index contributed by atoms with van der Waals surface area (Å²) < 4.78 is 0. The number of aromatic hydroxyl groups is 1. The van der Waals surface area contributed by atoms with Gasteiger partial charge in [-0.1, -0.05) is 36.4 Å². The molecule has 15 heavy (non-hydrogen) atoms. The maximum absolute atomic E-state index is 10.0. The van der Waals surface area contributed by atoms with Crippen LogP contribution >= 0.6 is 0 Å². The number of hydrogen-bond donors (Lipinski definition) is 3. The smallest absolute Gasteiger partial charge is 0.128 e. The van der Waals surface area contributed by atoms with Crippen molar-refractivity contribution in [2.45, 2.75) is 6.04 Å². The maximum atomic E-state index is 10.0. The lowest BCUT2D eigenvalue weighted by Crippen LogP contribution is -2.20. The Morgan fingerprint density at radius 3 is 2.60 bits per heavy atom. The van der Waals surface area contributed by atoms with Gasteiger partial charge in [-0.2, -0.15) is 0 Å². The lowest BCUT2D eigenvalue weighted by atomic mass is 10.0. The highest BCUT2D eigenvalue weighted by Crippen LogP contribution is 2.31. The Bertz CT molecular complexity index is 482. The molecule has 3 heteroatoms. The first-order valence-electron chi connectivity index (χ1n) is 4.90. The Morgan fingerprint density at radius 1 is 1.13 bits per heavy atom. The van der Waals surface area contributed by atoms with Gasteiger partial charge in [-0.3, -0.25) is 0 Å². The van der Waals surface area contributed by atoms with Crippen molar-refractivity contribution in [1.29, 1.82) is 0 Å². The number of hydrogen-bond acceptors (Lipinski definition) is 3. The standard InChI is InChI=1S/C12H14N2O/c13-7-11(14)10-6-5-8-3-1-2-4-9(8)12(10)15/h1-6,11,15H,7,13-14H2/t11-/m0/s1. The van der Waals surface area contributed by atoms with Crippen molar-refractivity contribution in [2.75, 3.05) is 6.54 Å². The van der Waals surface area contributed by atoms with Crippen molar-refractivity contribution in [2.24, 2.45) is 11.5 Å². The van der Waals surface area contributed by atoms with E-state index in [1.807, 2.05) is 36.4 Å². The van der Waals surface area contributed by atoms with E-state index in [4.69, 9.17) is 11.5 Å². The van der Waals surface area contributed by atoms with Crippen LogP contribution in [0.3, 0.4) is 0 Å². The molecule has 0 spiro atoms. The number of phenolic OH excluding ortho intramolecular Hbond substituents is 1. The second kappa shape index (κ2) is 3.88. The van der Waals surface area contributed by atoms with Gasteiger partial charge in [0.05, 0.1) is 0 Å². The van der Waals surface area contributed by atoms with Crippen LogP contribution in [0, 0.1) is 0 Å². The van der Waals surface area contributed by atoms with E-state index >= 15 is 0 Å².